The predicted molar refractivity (Wildman–Crippen MR) is 234 cm³/mol. The molecule has 3 aromatic heterocycles. The van der Waals surface area contributed by atoms with Gasteiger partial charge in [-0.2, -0.15) is 0 Å². The minimum absolute atomic E-state index is 0.0591. The van der Waals surface area contributed by atoms with E-state index in [-0.39, 0.29) is 6.17 Å². The molecule has 266 valence electrons. The van der Waals surface area contributed by atoms with Crippen LogP contribution in [0.15, 0.2) is 161 Å². The highest BCUT2D eigenvalue weighted by Crippen LogP contribution is 2.39. The number of nitrogens with zero attached hydrogens (tertiary/aromatic N) is 6. The molecule has 1 atom stereocenters. The summed E-state index contributed by atoms with van der Waals surface area (Å²) < 4.78 is 4.72. The Labute approximate surface area is 323 Å². The van der Waals surface area contributed by atoms with Crippen LogP contribution in [0, 0.1) is 0 Å². The van der Waals surface area contributed by atoms with Crippen LogP contribution in [-0.4, -0.2) is 38.4 Å². The molecule has 0 N–H and O–H groups in total. The Balaban J connectivity index is 0.963. The van der Waals surface area contributed by atoms with Crippen LogP contribution in [0.3, 0.4) is 0 Å². The summed E-state index contributed by atoms with van der Waals surface area (Å²) in [5.74, 6) is 1.08. The molecule has 3 aliphatic rings. The molecule has 0 bridgehead atoms. The lowest BCUT2D eigenvalue weighted by Gasteiger charge is -2.21. The van der Waals surface area contributed by atoms with E-state index in [4.69, 9.17) is 9.98 Å². The fraction of sp³-hybridized carbons (Fsp3) is 0.120. The molecule has 3 aliphatic heterocycles. The summed E-state index contributed by atoms with van der Waals surface area (Å²) in [6.07, 6.45) is 16.2. The van der Waals surface area contributed by atoms with Gasteiger partial charge < -0.3 is 4.57 Å². The molecule has 9 aromatic rings. The maximum Gasteiger partial charge on any atom is 0.129 e. The van der Waals surface area contributed by atoms with Gasteiger partial charge in [0.25, 0.3) is 0 Å². The smallest absolute Gasteiger partial charge is 0.129 e. The maximum atomic E-state index is 5.41. The van der Waals surface area contributed by atoms with Gasteiger partial charge in [-0.25, -0.2) is 4.99 Å². The molecule has 0 aliphatic carbocycles. The van der Waals surface area contributed by atoms with Crippen LogP contribution in [0.4, 0.5) is 0 Å². The molecule has 0 fully saturated rings. The molecular formula is C50H36N6. The summed E-state index contributed by atoms with van der Waals surface area (Å²) in [4.78, 5) is 20.0. The number of para-hydroxylation sites is 2. The number of allylic oxidation sites excluding steroid dienone is 2. The van der Waals surface area contributed by atoms with Gasteiger partial charge in [0, 0.05) is 59.1 Å². The molecule has 56 heavy (non-hydrogen) atoms. The zero-order valence-corrected chi connectivity index (χ0v) is 30.7. The van der Waals surface area contributed by atoms with E-state index in [1.807, 2.05) is 12.4 Å². The van der Waals surface area contributed by atoms with Crippen molar-refractivity contribution in [2.75, 3.05) is 6.54 Å². The van der Waals surface area contributed by atoms with Gasteiger partial charge in [-0.1, -0.05) is 97.1 Å². The van der Waals surface area contributed by atoms with Crippen molar-refractivity contribution in [3.8, 4) is 0 Å². The fourth-order valence-corrected chi connectivity index (χ4v) is 9.59. The van der Waals surface area contributed by atoms with Gasteiger partial charge in [0.1, 0.15) is 12.0 Å². The maximum absolute atomic E-state index is 5.41. The first kappa shape index (κ1) is 31.4. The molecule has 6 heteroatoms. The van der Waals surface area contributed by atoms with Crippen molar-refractivity contribution in [3.63, 3.8) is 0 Å². The Hall–Kier alpha value is -6.92. The van der Waals surface area contributed by atoms with E-state index in [1.165, 1.54) is 70.8 Å². The zero-order valence-electron chi connectivity index (χ0n) is 30.7. The highest BCUT2D eigenvalue weighted by atomic mass is 15.1. The van der Waals surface area contributed by atoms with Crippen molar-refractivity contribution < 1.29 is 0 Å². The van der Waals surface area contributed by atoms with Gasteiger partial charge in [-0.3, -0.25) is 19.5 Å². The number of aromatic nitrogens is 3. The van der Waals surface area contributed by atoms with Crippen LogP contribution in [0.25, 0.3) is 70.7 Å². The minimum Gasteiger partial charge on any atom is -0.316 e. The molecular weight excluding hydrogens is 685 g/mol. The van der Waals surface area contributed by atoms with E-state index in [2.05, 4.69) is 159 Å². The summed E-state index contributed by atoms with van der Waals surface area (Å²) in [5.41, 5.74) is 10.4. The van der Waals surface area contributed by atoms with Crippen LogP contribution < -0.4 is 0 Å². The number of rotatable bonds is 3. The average Bonchev–Trinajstić information content (AvgIpc) is 3.79. The summed E-state index contributed by atoms with van der Waals surface area (Å²) in [6.45, 7) is 0.841. The fourth-order valence-electron chi connectivity index (χ4n) is 9.59. The first-order valence-electron chi connectivity index (χ1n) is 19.6. The SMILES string of the molecule is C1=CC(c2ccc3c4ccc(C5=CCCC(n6c7c(c8ccccc86)CCN=C7)=N5)cc4c4ccccc4c3c2)=NC(n2c3ccccc3c3ccncc32)C1. The van der Waals surface area contributed by atoms with Crippen molar-refractivity contribution in [3.05, 3.63) is 168 Å². The molecule has 6 nitrogen and oxygen atoms in total. The van der Waals surface area contributed by atoms with Gasteiger partial charge in [0.2, 0.25) is 0 Å². The van der Waals surface area contributed by atoms with Crippen LogP contribution in [0.2, 0.25) is 0 Å². The molecule has 6 heterocycles. The Bertz CT molecular complexity index is 3220. The Kier molecular flexibility index (Phi) is 6.90. The molecule has 0 amide bonds. The third kappa shape index (κ3) is 4.68. The number of fused-ring (bicyclic) bond motifs is 12. The second kappa shape index (κ2) is 12.3. The first-order chi connectivity index (χ1) is 27.8. The van der Waals surface area contributed by atoms with Crippen LogP contribution in [0.5, 0.6) is 0 Å². The van der Waals surface area contributed by atoms with Crippen LogP contribution >= 0.6 is 0 Å². The quantitative estimate of drug-likeness (QED) is 0.168. The molecule has 1 unspecified atom stereocenters. The molecule has 0 radical (unpaired) electrons. The first-order valence-corrected chi connectivity index (χ1v) is 19.6. The normalized spacial score (nSPS) is 16.9. The van der Waals surface area contributed by atoms with Crippen molar-refractivity contribution >= 4 is 88.5 Å². The van der Waals surface area contributed by atoms with E-state index >= 15 is 0 Å². The van der Waals surface area contributed by atoms with Gasteiger partial charge in [0.05, 0.1) is 39.8 Å². The third-order valence-electron chi connectivity index (χ3n) is 12.1. The van der Waals surface area contributed by atoms with E-state index in [0.29, 0.717) is 0 Å². The second-order valence-corrected chi connectivity index (χ2v) is 15.1. The number of hydrogen-bond donors (Lipinski definition) is 0. The van der Waals surface area contributed by atoms with Gasteiger partial charge >= 0.3 is 0 Å². The molecule has 0 saturated carbocycles. The lowest BCUT2D eigenvalue weighted by atomic mass is 9.91. The lowest BCUT2D eigenvalue weighted by molar-refractivity contribution is 0.560. The lowest BCUT2D eigenvalue weighted by Crippen LogP contribution is -2.18. The second-order valence-electron chi connectivity index (χ2n) is 15.1. The molecule has 0 saturated heterocycles. The van der Waals surface area contributed by atoms with E-state index in [9.17, 15) is 0 Å². The van der Waals surface area contributed by atoms with Crippen molar-refractivity contribution in [2.24, 2.45) is 15.0 Å². The molecule has 0 spiro atoms. The summed E-state index contributed by atoms with van der Waals surface area (Å²) >= 11 is 0. The monoisotopic (exact) mass is 720 g/mol. The van der Waals surface area contributed by atoms with Crippen molar-refractivity contribution in [2.45, 2.75) is 31.8 Å². The summed E-state index contributed by atoms with van der Waals surface area (Å²) in [7, 11) is 0. The van der Waals surface area contributed by atoms with Crippen molar-refractivity contribution in [1.29, 1.82) is 0 Å². The number of benzene rings is 6. The number of aliphatic imine (C=N–C) groups is 3. The van der Waals surface area contributed by atoms with Crippen molar-refractivity contribution in [1.82, 2.24) is 14.1 Å². The van der Waals surface area contributed by atoms with Crippen LogP contribution in [0.1, 0.15) is 47.8 Å². The molecule has 6 aromatic carbocycles. The number of dihydropyridines is 1. The van der Waals surface area contributed by atoms with Gasteiger partial charge in [0.15, 0.2) is 0 Å². The van der Waals surface area contributed by atoms with Gasteiger partial charge in [-0.15, -0.1) is 0 Å². The standard InChI is InChI=1S/C50H36N6/c1-2-10-34-33(9-1)41-27-31(43-13-7-17-49(53-43)55-45-15-5-3-11-37(45)39-23-25-51-29-47(39)55)19-21-35(41)36-22-20-32(28-42(34)36)44-14-8-18-50(54-44)56-46-16-6-4-12-38(46)40-24-26-52-30-48(40)56/h1-7,9-16,19-23,25,27-30,49H,8,17-18,24,26H2. The van der Waals surface area contributed by atoms with E-state index in [0.717, 1.165) is 66.1 Å². The third-order valence-corrected chi connectivity index (χ3v) is 12.1. The van der Waals surface area contributed by atoms with Gasteiger partial charge in [-0.05, 0) is 87.1 Å². The number of pyridine rings is 1. The van der Waals surface area contributed by atoms with E-state index < -0.39 is 0 Å². The average molecular weight is 721 g/mol. The minimum atomic E-state index is -0.0591. The predicted octanol–water partition coefficient (Wildman–Crippen LogP) is 11.6. The Morgan fingerprint density at radius 3 is 2.14 bits per heavy atom. The highest BCUT2D eigenvalue weighted by Gasteiger charge is 2.23. The topological polar surface area (TPSA) is 59.8 Å². The zero-order chi connectivity index (χ0) is 36.7. The van der Waals surface area contributed by atoms with E-state index in [1.54, 1.807) is 0 Å². The highest BCUT2D eigenvalue weighted by molar-refractivity contribution is 6.27. The molecule has 12 rings (SSSR count). The largest absolute Gasteiger partial charge is 0.316 e. The summed E-state index contributed by atoms with van der Waals surface area (Å²) in [5, 5.41) is 11.2. The number of hydrogen-bond acceptors (Lipinski definition) is 4. The Morgan fingerprint density at radius 1 is 0.607 bits per heavy atom. The van der Waals surface area contributed by atoms with Crippen LogP contribution in [-0.2, 0) is 6.42 Å². The Morgan fingerprint density at radius 2 is 1.30 bits per heavy atom. The summed E-state index contributed by atoms with van der Waals surface area (Å²) in [6, 6.07) is 42.1.